The van der Waals surface area contributed by atoms with Crippen molar-refractivity contribution < 1.29 is 9.53 Å². The Labute approximate surface area is 108 Å². The molecule has 1 saturated heterocycles. The van der Waals surface area contributed by atoms with Crippen LogP contribution in [-0.4, -0.2) is 25.2 Å². The SMILES string of the molecule is C=C[C@H](NC(=O)c1ccccc1)C1CCOCC1. The van der Waals surface area contributed by atoms with E-state index in [-0.39, 0.29) is 11.9 Å². The largest absolute Gasteiger partial charge is 0.381 e. The second-order valence-electron chi connectivity index (χ2n) is 4.55. The summed E-state index contributed by atoms with van der Waals surface area (Å²) in [5, 5.41) is 3.04. The van der Waals surface area contributed by atoms with Gasteiger partial charge in [0, 0.05) is 18.8 Å². The highest BCUT2D eigenvalue weighted by molar-refractivity contribution is 5.94. The molecule has 1 amide bonds. The van der Waals surface area contributed by atoms with Crippen molar-refractivity contribution in [2.24, 2.45) is 5.92 Å². The summed E-state index contributed by atoms with van der Waals surface area (Å²) in [5.74, 6) is 0.399. The average molecular weight is 245 g/mol. The molecule has 0 bridgehead atoms. The first-order valence-electron chi connectivity index (χ1n) is 6.37. The predicted molar refractivity (Wildman–Crippen MR) is 71.4 cm³/mol. The van der Waals surface area contributed by atoms with Crippen molar-refractivity contribution in [2.45, 2.75) is 18.9 Å². The van der Waals surface area contributed by atoms with Gasteiger partial charge in [0.15, 0.2) is 0 Å². The Morgan fingerprint density at radius 3 is 2.61 bits per heavy atom. The van der Waals surface area contributed by atoms with E-state index in [0.29, 0.717) is 11.5 Å². The molecule has 0 saturated carbocycles. The maximum Gasteiger partial charge on any atom is 0.251 e. The van der Waals surface area contributed by atoms with E-state index in [1.807, 2.05) is 36.4 Å². The molecule has 0 spiro atoms. The van der Waals surface area contributed by atoms with Crippen molar-refractivity contribution in [3.8, 4) is 0 Å². The Kier molecular flexibility index (Phi) is 4.53. The Bertz CT molecular complexity index is 396. The summed E-state index contributed by atoms with van der Waals surface area (Å²) >= 11 is 0. The minimum absolute atomic E-state index is 0.0293. The van der Waals surface area contributed by atoms with Gasteiger partial charge in [0.1, 0.15) is 0 Å². The third-order valence-electron chi connectivity index (χ3n) is 3.36. The lowest BCUT2D eigenvalue weighted by Gasteiger charge is -2.28. The van der Waals surface area contributed by atoms with Gasteiger partial charge in [-0.15, -0.1) is 6.58 Å². The fraction of sp³-hybridized carbons (Fsp3) is 0.400. The highest BCUT2D eigenvalue weighted by Crippen LogP contribution is 2.19. The third-order valence-corrected chi connectivity index (χ3v) is 3.36. The van der Waals surface area contributed by atoms with Crippen molar-refractivity contribution in [3.05, 3.63) is 48.6 Å². The molecule has 1 N–H and O–H groups in total. The normalized spacial score (nSPS) is 18.0. The van der Waals surface area contributed by atoms with Crippen LogP contribution >= 0.6 is 0 Å². The molecule has 1 aliphatic heterocycles. The van der Waals surface area contributed by atoms with Gasteiger partial charge in [0.05, 0.1) is 6.04 Å². The number of carbonyl (C=O) groups excluding carboxylic acids is 1. The summed E-state index contributed by atoms with van der Waals surface area (Å²) in [6.07, 6.45) is 3.79. The zero-order chi connectivity index (χ0) is 12.8. The maximum absolute atomic E-state index is 12.1. The smallest absolute Gasteiger partial charge is 0.251 e. The molecule has 0 radical (unpaired) electrons. The van der Waals surface area contributed by atoms with Gasteiger partial charge in [0.25, 0.3) is 5.91 Å². The van der Waals surface area contributed by atoms with Crippen molar-refractivity contribution in [1.82, 2.24) is 5.32 Å². The first-order chi connectivity index (χ1) is 8.81. The minimum Gasteiger partial charge on any atom is -0.381 e. The summed E-state index contributed by atoms with van der Waals surface area (Å²) in [7, 11) is 0. The number of hydrogen-bond acceptors (Lipinski definition) is 2. The van der Waals surface area contributed by atoms with Crippen molar-refractivity contribution in [2.75, 3.05) is 13.2 Å². The Hall–Kier alpha value is -1.61. The van der Waals surface area contributed by atoms with Crippen LogP contribution in [0, 0.1) is 5.92 Å². The van der Waals surface area contributed by atoms with Crippen LogP contribution < -0.4 is 5.32 Å². The molecule has 0 unspecified atom stereocenters. The van der Waals surface area contributed by atoms with E-state index in [9.17, 15) is 4.79 Å². The highest BCUT2D eigenvalue weighted by Gasteiger charge is 2.23. The molecule has 1 aromatic rings. The summed E-state index contributed by atoms with van der Waals surface area (Å²) in [6, 6.07) is 9.30. The second-order valence-corrected chi connectivity index (χ2v) is 4.55. The molecule has 18 heavy (non-hydrogen) atoms. The molecule has 3 heteroatoms. The molecule has 3 nitrogen and oxygen atoms in total. The molecule has 1 heterocycles. The fourth-order valence-corrected chi connectivity index (χ4v) is 2.27. The van der Waals surface area contributed by atoms with Crippen LogP contribution in [-0.2, 0) is 4.74 Å². The van der Waals surface area contributed by atoms with E-state index < -0.39 is 0 Å². The maximum atomic E-state index is 12.1. The van der Waals surface area contributed by atoms with E-state index in [4.69, 9.17) is 4.74 Å². The van der Waals surface area contributed by atoms with Crippen molar-refractivity contribution in [1.29, 1.82) is 0 Å². The Morgan fingerprint density at radius 2 is 2.00 bits per heavy atom. The highest BCUT2D eigenvalue weighted by atomic mass is 16.5. The first-order valence-corrected chi connectivity index (χ1v) is 6.37. The van der Waals surface area contributed by atoms with Gasteiger partial charge < -0.3 is 10.1 Å². The zero-order valence-electron chi connectivity index (χ0n) is 10.5. The van der Waals surface area contributed by atoms with Gasteiger partial charge in [-0.3, -0.25) is 4.79 Å². The molecule has 2 rings (SSSR count). The van der Waals surface area contributed by atoms with E-state index in [0.717, 1.165) is 26.1 Å². The van der Waals surface area contributed by atoms with E-state index in [2.05, 4.69) is 11.9 Å². The number of hydrogen-bond donors (Lipinski definition) is 1. The van der Waals surface area contributed by atoms with Crippen LogP contribution in [0.1, 0.15) is 23.2 Å². The van der Waals surface area contributed by atoms with Crippen molar-refractivity contribution >= 4 is 5.91 Å². The van der Waals surface area contributed by atoms with E-state index in [1.54, 1.807) is 0 Å². The second kappa shape index (κ2) is 6.36. The van der Waals surface area contributed by atoms with Gasteiger partial charge in [-0.1, -0.05) is 24.3 Å². The van der Waals surface area contributed by atoms with Gasteiger partial charge in [-0.2, -0.15) is 0 Å². The van der Waals surface area contributed by atoms with Gasteiger partial charge >= 0.3 is 0 Å². The molecular formula is C15H19NO2. The van der Waals surface area contributed by atoms with Crippen LogP contribution in [0.3, 0.4) is 0 Å². The fourth-order valence-electron chi connectivity index (χ4n) is 2.27. The molecule has 0 aliphatic carbocycles. The summed E-state index contributed by atoms with van der Waals surface area (Å²) in [5.41, 5.74) is 0.691. The number of ether oxygens (including phenoxy) is 1. The number of rotatable bonds is 4. The number of nitrogens with one attached hydrogen (secondary N) is 1. The Morgan fingerprint density at radius 1 is 1.33 bits per heavy atom. The van der Waals surface area contributed by atoms with Gasteiger partial charge in [0.2, 0.25) is 0 Å². The van der Waals surface area contributed by atoms with E-state index >= 15 is 0 Å². The van der Waals surface area contributed by atoms with Gasteiger partial charge in [-0.05, 0) is 30.9 Å². The molecule has 1 aromatic carbocycles. The predicted octanol–water partition coefficient (Wildman–Crippen LogP) is 2.40. The van der Waals surface area contributed by atoms with Crippen LogP contribution in [0.4, 0.5) is 0 Å². The molecule has 0 aromatic heterocycles. The lowest BCUT2D eigenvalue weighted by molar-refractivity contribution is 0.0570. The standard InChI is InChI=1S/C15H19NO2/c1-2-14(12-8-10-18-11-9-12)16-15(17)13-6-4-3-5-7-13/h2-7,12,14H,1,8-11H2,(H,16,17)/t14-/m0/s1. The molecule has 1 fully saturated rings. The van der Waals surface area contributed by atoms with Crippen molar-refractivity contribution in [3.63, 3.8) is 0 Å². The number of carbonyl (C=O) groups is 1. The monoisotopic (exact) mass is 245 g/mol. The topological polar surface area (TPSA) is 38.3 Å². The number of amides is 1. The van der Waals surface area contributed by atoms with Crippen LogP contribution in [0.2, 0.25) is 0 Å². The Balaban J connectivity index is 1.97. The lowest BCUT2D eigenvalue weighted by Crippen LogP contribution is -2.41. The summed E-state index contributed by atoms with van der Waals surface area (Å²) in [4.78, 5) is 12.1. The lowest BCUT2D eigenvalue weighted by atomic mass is 9.91. The average Bonchev–Trinajstić information content (AvgIpc) is 2.46. The quantitative estimate of drug-likeness (QED) is 0.827. The van der Waals surface area contributed by atoms with Crippen LogP contribution in [0.15, 0.2) is 43.0 Å². The molecule has 1 atom stereocenters. The summed E-state index contributed by atoms with van der Waals surface area (Å²) in [6.45, 7) is 5.38. The van der Waals surface area contributed by atoms with Crippen LogP contribution in [0.5, 0.6) is 0 Å². The molecule has 1 aliphatic rings. The molecule has 96 valence electrons. The van der Waals surface area contributed by atoms with Crippen LogP contribution in [0.25, 0.3) is 0 Å². The zero-order valence-corrected chi connectivity index (χ0v) is 10.5. The molecular weight excluding hydrogens is 226 g/mol. The van der Waals surface area contributed by atoms with Gasteiger partial charge in [-0.25, -0.2) is 0 Å². The summed E-state index contributed by atoms with van der Waals surface area (Å²) < 4.78 is 5.34. The first kappa shape index (κ1) is 12.8. The third kappa shape index (κ3) is 3.20. The minimum atomic E-state index is -0.0352. The number of benzene rings is 1. The van der Waals surface area contributed by atoms with E-state index in [1.165, 1.54) is 0 Å².